The maximum absolute atomic E-state index is 9.85. The average Bonchev–Trinajstić information content (AvgIpc) is 3.21. The first-order valence-electron chi connectivity index (χ1n) is 10.3. The van der Waals surface area contributed by atoms with Gasteiger partial charge in [-0.05, 0) is 85.3 Å². The number of hydrogen-bond acceptors (Lipinski definition) is 6. The van der Waals surface area contributed by atoms with Crippen LogP contribution < -0.4 is 0 Å². The van der Waals surface area contributed by atoms with Gasteiger partial charge in [-0.2, -0.15) is 10.2 Å². The summed E-state index contributed by atoms with van der Waals surface area (Å²) in [6, 6.07) is 24.3. The molecule has 3 aromatic carbocycles. The van der Waals surface area contributed by atoms with Crippen LogP contribution in [0.1, 0.15) is 5.69 Å². The summed E-state index contributed by atoms with van der Waals surface area (Å²) in [7, 11) is 0. The Kier molecular flexibility index (Phi) is 4.99. The van der Waals surface area contributed by atoms with Crippen molar-refractivity contribution in [3.05, 3.63) is 90.6 Å². The summed E-state index contributed by atoms with van der Waals surface area (Å²) in [6.07, 6.45) is 0. The average molecular weight is 436 g/mol. The predicted octanol–water partition coefficient (Wildman–Crippen LogP) is 5.09. The Morgan fingerprint density at radius 2 is 1.09 bits per heavy atom. The molecule has 0 unspecified atom stereocenters. The first-order chi connectivity index (χ1) is 16.0. The van der Waals surface area contributed by atoms with Crippen molar-refractivity contribution >= 4 is 0 Å². The van der Waals surface area contributed by atoms with Crippen molar-refractivity contribution in [1.29, 1.82) is 0 Å². The lowest BCUT2D eigenvalue weighted by molar-refractivity contribution is 0.475. The summed E-state index contributed by atoms with van der Waals surface area (Å²) in [5, 5.41) is 42.9. The fourth-order valence-electron chi connectivity index (χ4n) is 3.70. The summed E-state index contributed by atoms with van der Waals surface area (Å²) in [4.78, 5) is 0. The molecule has 0 aliphatic heterocycles. The number of phenols is 3. The molecule has 0 aliphatic carbocycles. The van der Waals surface area contributed by atoms with E-state index in [9.17, 15) is 15.3 Å². The summed E-state index contributed by atoms with van der Waals surface area (Å²) < 4.78 is 1.73. The van der Waals surface area contributed by atoms with Crippen molar-refractivity contribution in [1.82, 2.24) is 20.0 Å². The molecule has 2 aromatic heterocycles. The highest BCUT2D eigenvalue weighted by Gasteiger charge is 2.24. The minimum Gasteiger partial charge on any atom is -0.508 e. The van der Waals surface area contributed by atoms with E-state index in [4.69, 9.17) is 5.10 Å². The van der Waals surface area contributed by atoms with Gasteiger partial charge in [-0.1, -0.05) is 12.1 Å². The first-order valence-corrected chi connectivity index (χ1v) is 10.3. The molecule has 2 heterocycles. The van der Waals surface area contributed by atoms with Gasteiger partial charge >= 0.3 is 0 Å². The molecule has 5 aromatic rings. The molecule has 0 saturated heterocycles. The lowest BCUT2D eigenvalue weighted by atomic mass is 9.95. The smallest absolute Gasteiger partial charge is 0.176 e. The van der Waals surface area contributed by atoms with E-state index in [1.165, 1.54) is 0 Å². The van der Waals surface area contributed by atoms with Gasteiger partial charge in [0, 0.05) is 16.7 Å². The number of rotatable bonds is 4. The number of phenolic OH excluding ortho intramolecular Hbond substituents is 3. The van der Waals surface area contributed by atoms with Crippen molar-refractivity contribution in [3.8, 4) is 56.7 Å². The fourth-order valence-corrected chi connectivity index (χ4v) is 3.70. The van der Waals surface area contributed by atoms with Gasteiger partial charge < -0.3 is 15.3 Å². The van der Waals surface area contributed by atoms with Gasteiger partial charge in [-0.3, -0.25) is 0 Å². The molecule has 3 N–H and O–H groups in total. The van der Waals surface area contributed by atoms with Crippen molar-refractivity contribution in [2.75, 3.05) is 0 Å². The number of aromatic nitrogens is 4. The molecule has 5 rings (SSSR count). The standard InChI is InChI=1S/C26H20N4O3/c1-16-2-15-23(28-27-16)30-26(19-7-13-22(33)14-8-19)24(17-3-9-20(31)10-4-17)25(29-30)18-5-11-21(32)12-6-18/h2-15,31-33H,1H3. The summed E-state index contributed by atoms with van der Waals surface area (Å²) in [5.41, 5.74) is 5.48. The van der Waals surface area contributed by atoms with Gasteiger partial charge in [0.05, 0.1) is 11.4 Å². The Hall–Kier alpha value is -4.65. The summed E-state index contributed by atoms with van der Waals surface area (Å²) in [6.45, 7) is 1.87. The number of aryl methyl sites for hydroxylation is 1. The van der Waals surface area contributed by atoms with Crippen molar-refractivity contribution < 1.29 is 15.3 Å². The van der Waals surface area contributed by atoms with Gasteiger partial charge in [-0.15, -0.1) is 5.10 Å². The molecule has 162 valence electrons. The van der Waals surface area contributed by atoms with E-state index in [0.29, 0.717) is 11.5 Å². The van der Waals surface area contributed by atoms with Gasteiger partial charge in [0.1, 0.15) is 22.9 Å². The number of benzene rings is 3. The molecule has 0 atom stereocenters. The van der Waals surface area contributed by atoms with Crippen LogP contribution in [-0.4, -0.2) is 35.3 Å². The van der Waals surface area contributed by atoms with Gasteiger partial charge in [-0.25, -0.2) is 4.68 Å². The predicted molar refractivity (Wildman–Crippen MR) is 125 cm³/mol. The molecule has 0 radical (unpaired) electrons. The highest BCUT2D eigenvalue weighted by Crippen LogP contribution is 2.42. The minimum atomic E-state index is 0.157. The van der Waals surface area contributed by atoms with Gasteiger partial charge in [0.15, 0.2) is 5.82 Å². The Morgan fingerprint density at radius 1 is 0.576 bits per heavy atom. The second kappa shape index (κ2) is 8.12. The molecule has 0 amide bonds. The summed E-state index contributed by atoms with van der Waals surface area (Å²) in [5.74, 6) is 1.01. The Bertz CT molecular complexity index is 1300. The normalized spacial score (nSPS) is 10.9. The second-order valence-corrected chi connectivity index (χ2v) is 7.66. The molecule has 33 heavy (non-hydrogen) atoms. The molecule has 7 nitrogen and oxygen atoms in total. The molecular weight excluding hydrogens is 416 g/mol. The Morgan fingerprint density at radius 3 is 1.61 bits per heavy atom. The van der Waals surface area contributed by atoms with E-state index in [1.807, 2.05) is 43.3 Å². The molecular formula is C26H20N4O3. The van der Waals surface area contributed by atoms with Crippen LogP contribution in [0.2, 0.25) is 0 Å². The van der Waals surface area contributed by atoms with Crippen LogP contribution in [0, 0.1) is 6.92 Å². The zero-order chi connectivity index (χ0) is 22.9. The third-order valence-corrected chi connectivity index (χ3v) is 5.32. The molecule has 7 heteroatoms. The number of hydrogen-bond donors (Lipinski definition) is 3. The van der Waals surface area contributed by atoms with Crippen LogP contribution in [0.5, 0.6) is 17.2 Å². The lowest BCUT2D eigenvalue weighted by Gasteiger charge is -2.10. The van der Waals surface area contributed by atoms with E-state index in [-0.39, 0.29) is 17.2 Å². The van der Waals surface area contributed by atoms with Gasteiger partial charge in [0.2, 0.25) is 0 Å². The molecule has 0 saturated carbocycles. The first kappa shape index (κ1) is 20.3. The highest BCUT2D eigenvalue weighted by molar-refractivity contribution is 5.92. The monoisotopic (exact) mass is 436 g/mol. The zero-order valence-corrected chi connectivity index (χ0v) is 17.7. The second-order valence-electron chi connectivity index (χ2n) is 7.66. The SMILES string of the molecule is Cc1ccc(-n2nc(-c3ccc(O)cc3)c(-c3ccc(O)cc3)c2-c2ccc(O)cc2)nn1. The van der Waals surface area contributed by atoms with E-state index in [0.717, 1.165) is 33.6 Å². The van der Waals surface area contributed by atoms with E-state index in [2.05, 4.69) is 10.2 Å². The quantitative estimate of drug-likeness (QED) is 0.363. The zero-order valence-electron chi connectivity index (χ0n) is 17.7. The summed E-state index contributed by atoms with van der Waals surface area (Å²) >= 11 is 0. The van der Waals surface area contributed by atoms with Crippen molar-refractivity contribution in [2.45, 2.75) is 6.92 Å². The van der Waals surface area contributed by atoms with E-state index < -0.39 is 0 Å². The van der Waals surface area contributed by atoms with E-state index in [1.54, 1.807) is 53.2 Å². The van der Waals surface area contributed by atoms with Crippen molar-refractivity contribution in [3.63, 3.8) is 0 Å². The maximum atomic E-state index is 9.85. The largest absolute Gasteiger partial charge is 0.508 e. The minimum absolute atomic E-state index is 0.157. The van der Waals surface area contributed by atoms with Crippen LogP contribution in [0.25, 0.3) is 39.5 Å². The van der Waals surface area contributed by atoms with Crippen LogP contribution in [-0.2, 0) is 0 Å². The number of aromatic hydroxyl groups is 3. The Labute approximate surface area is 189 Å². The number of nitrogens with zero attached hydrogens (tertiary/aromatic N) is 4. The molecule has 0 bridgehead atoms. The Balaban J connectivity index is 1.86. The lowest BCUT2D eigenvalue weighted by Crippen LogP contribution is -2.04. The molecule has 0 fully saturated rings. The molecule has 0 spiro atoms. The van der Waals surface area contributed by atoms with Crippen molar-refractivity contribution in [2.24, 2.45) is 0 Å². The third-order valence-electron chi connectivity index (χ3n) is 5.32. The van der Waals surface area contributed by atoms with Crippen LogP contribution in [0.4, 0.5) is 0 Å². The fraction of sp³-hybridized carbons (Fsp3) is 0.0385. The highest BCUT2D eigenvalue weighted by atomic mass is 16.3. The molecule has 0 aliphatic rings. The third kappa shape index (κ3) is 3.87. The van der Waals surface area contributed by atoms with Crippen LogP contribution in [0.15, 0.2) is 84.9 Å². The topological polar surface area (TPSA) is 104 Å². The van der Waals surface area contributed by atoms with Crippen LogP contribution in [0.3, 0.4) is 0 Å². The van der Waals surface area contributed by atoms with E-state index >= 15 is 0 Å². The maximum Gasteiger partial charge on any atom is 0.176 e. The van der Waals surface area contributed by atoms with Crippen LogP contribution >= 0.6 is 0 Å². The van der Waals surface area contributed by atoms with Gasteiger partial charge in [0.25, 0.3) is 0 Å².